The van der Waals surface area contributed by atoms with Gasteiger partial charge in [0.25, 0.3) is 0 Å². The zero-order valence-corrected chi connectivity index (χ0v) is 12.9. The predicted molar refractivity (Wildman–Crippen MR) is 83.6 cm³/mol. The summed E-state index contributed by atoms with van der Waals surface area (Å²) < 4.78 is 6.94. The van der Waals surface area contributed by atoms with Crippen molar-refractivity contribution in [3.8, 4) is 0 Å². The second-order valence-electron chi connectivity index (χ2n) is 4.73. The predicted octanol–water partition coefficient (Wildman–Crippen LogP) is 4.81. The first-order valence-corrected chi connectivity index (χ1v) is 7.77. The number of halogens is 1. The Bertz CT molecular complexity index is 716. The maximum absolute atomic E-state index is 6.24. The van der Waals surface area contributed by atoms with E-state index < -0.39 is 0 Å². The van der Waals surface area contributed by atoms with Crippen molar-refractivity contribution in [1.82, 2.24) is 0 Å². The first-order chi connectivity index (χ1) is 9.11. The summed E-state index contributed by atoms with van der Waals surface area (Å²) in [6.45, 7) is 2.08. The van der Waals surface area contributed by atoms with E-state index in [1.54, 1.807) is 11.3 Å². The van der Waals surface area contributed by atoms with E-state index >= 15 is 0 Å². The topological polar surface area (TPSA) is 39.2 Å². The second kappa shape index (κ2) is 5.12. The van der Waals surface area contributed by atoms with Crippen LogP contribution in [0.25, 0.3) is 11.0 Å². The van der Waals surface area contributed by atoms with Crippen molar-refractivity contribution in [3.63, 3.8) is 0 Å². The van der Waals surface area contributed by atoms with Crippen LogP contribution in [0.4, 0.5) is 0 Å². The minimum atomic E-state index is -0.0988. The highest BCUT2D eigenvalue weighted by atomic mass is 79.9. The van der Waals surface area contributed by atoms with Gasteiger partial charge in [-0.1, -0.05) is 11.6 Å². The van der Waals surface area contributed by atoms with Gasteiger partial charge in [-0.3, -0.25) is 0 Å². The molecule has 2 N–H and O–H groups in total. The summed E-state index contributed by atoms with van der Waals surface area (Å²) in [5, 5.41) is 3.20. The number of nitrogens with two attached hydrogens (primary N) is 1. The lowest BCUT2D eigenvalue weighted by Crippen LogP contribution is -2.11. The molecule has 4 heteroatoms. The van der Waals surface area contributed by atoms with Gasteiger partial charge < -0.3 is 10.2 Å². The fraction of sp³-hybridized carbons (Fsp3) is 0.200. The van der Waals surface area contributed by atoms with Gasteiger partial charge in [-0.2, -0.15) is 0 Å². The molecule has 3 rings (SSSR count). The Hall–Kier alpha value is -1.10. The number of fused-ring (bicyclic) bond motifs is 1. The molecule has 1 atom stereocenters. The summed E-state index contributed by atoms with van der Waals surface area (Å²) in [6, 6.07) is 10.2. The lowest BCUT2D eigenvalue weighted by molar-refractivity contribution is 0.495. The van der Waals surface area contributed by atoms with Crippen LogP contribution in [-0.4, -0.2) is 0 Å². The summed E-state index contributed by atoms with van der Waals surface area (Å²) in [4.78, 5) is 1.26. The van der Waals surface area contributed by atoms with Gasteiger partial charge >= 0.3 is 0 Å². The first kappa shape index (κ1) is 12.9. The highest BCUT2D eigenvalue weighted by molar-refractivity contribution is 9.10. The van der Waals surface area contributed by atoms with E-state index in [2.05, 4.69) is 52.5 Å². The van der Waals surface area contributed by atoms with E-state index in [0.717, 1.165) is 27.6 Å². The van der Waals surface area contributed by atoms with Crippen LogP contribution in [0.3, 0.4) is 0 Å². The Morgan fingerprint density at radius 3 is 2.89 bits per heavy atom. The summed E-state index contributed by atoms with van der Waals surface area (Å²) in [5.41, 5.74) is 8.37. The number of hydrogen-bond donors (Lipinski definition) is 1. The van der Waals surface area contributed by atoms with Crippen molar-refractivity contribution in [2.75, 3.05) is 0 Å². The number of furan rings is 1. The van der Waals surface area contributed by atoms with Gasteiger partial charge in [0.2, 0.25) is 0 Å². The minimum absolute atomic E-state index is 0.0988. The van der Waals surface area contributed by atoms with Crippen molar-refractivity contribution in [3.05, 3.63) is 56.4 Å². The number of aryl methyl sites for hydroxylation is 1. The van der Waals surface area contributed by atoms with Crippen molar-refractivity contribution < 1.29 is 4.42 Å². The van der Waals surface area contributed by atoms with Gasteiger partial charge in [0.1, 0.15) is 11.3 Å². The fourth-order valence-corrected chi connectivity index (χ4v) is 3.66. The van der Waals surface area contributed by atoms with Crippen LogP contribution >= 0.6 is 27.3 Å². The second-order valence-corrected chi connectivity index (χ2v) is 6.64. The first-order valence-electron chi connectivity index (χ1n) is 6.10. The lowest BCUT2D eigenvalue weighted by Gasteiger charge is -2.06. The molecule has 2 aromatic heterocycles. The van der Waals surface area contributed by atoms with Gasteiger partial charge in [-0.15, -0.1) is 11.3 Å². The van der Waals surface area contributed by atoms with Crippen LogP contribution in [0.5, 0.6) is 0 Å². The maximum atomic E-state index is 6.24. The number of benzene rings is 1. The highest BCUT2D eigenvalue weighted by Gasteiger charge is 2.13. The van der Waals surface area contributed by atoms with Crippen LogP contribution < -0.4 is 5.73 Å². The molecule has 2 heterocycles. The molecule has 0 aliphatic rings. The highest BCUT2D eigenvalue weighted by Crippen LogP contribution is 2.28. The molecule has 0 aliphatic heterocycles. The molecule has 19 heavy (non-hydrogen) atoms. The monoisotopic (exact) mass is 335 g/mol. The van der Waals surface area contributed by atoms with Crippen LogP contribution in [0.1, 0.15) is 22.2 Å². The molecule has 0 saturated carbocycles. The van der Waals surface area contributed by atoms with E-state index in [-0.39, 0.29) is 6.04 Å². The quantitative estimate of drug-likeness (QED) is 0.746. The molecule has 0 radical (unpaired) electrons. The smallest absolute Gasteiger partial charge is 0.134 e. The molecule has 0 spiro atoms. The molecule has 1 aromatic carbocycles. The Morgan fingerprint density at radius 1 is 1.32 bits per heavy atom. The Kier molecular flexibility index (Phi) is 3.48. The van der Waals surface area contributed by atoms with Crippen LogP contribution in [0.15, 0.2) is 44.6 Å². The third-order valence-corrected chi connectivity index (χ3v) is 4.82. The maximum Gasteiger partial charge on any atom is 0.134 e. The average Bonchev–Trinajstić information content (AvgIpc) is 2.95. The molecule has 3 aromatic rings. The lowest BCUT2D eigenvalue weighted by atomic mass is 10.1. The molecular formula is C15H14BrNOS. The molecule has 0 aliphatic carbocycles. The molecule has 98 valence electrons. The standard InChI is InChI=1S/C15H14BrNOS/c1-9-2-3-14-10(4-9)5-15(18-14)13(17)7-12-6-11(16)8-19-12/h2-6,8,13H,7,17H2,1H3. The SMILES string of the molecule is Cc1ccc2oc(C(N)Cc3cc(Br)cs3)cc2c1. The number of hydrogen-bond acceptors (Lipinski definition) is 3. The molecule has 0 bridgehead atoms. The molecule has 2 nitrogen and oxygen atoms in total. The Balaban J connectivity index is 1.86. The van der Waals surface area contributed by atoms with E-state index in [1.165, 1.54) is 10.4 Å². The van der Waals surface area contributed by atoms with E-state index in [0.29, 0.717) is 0 Å². The van der Waals surface area contributed by atoms with E-state index in [1.807, 2.05) is 6.07 Å². The number of thiophene rings is 1. The van der Waals surface area contributed by atoms with E-state index in [4.69, 9.17) is 10.2 Å². The third kappa shape index (κ3) is 2.76. The fourth-order valence-electron chi connectivity index (χ4n) is 2.14. The normalized spacial score (nSPS) is 13.0. The molecule has 0 saturated heterocycles. The van der Waals surface area contributed by atoms with Gasteiger partial charge in [0, 0.05) is 26.5 Å². The van der Waals surface area contributed by atoms with Crippen LogP contribution in [-0.2, 0) is 6.42 Å². The van der Waals surface area contributed by atoms with Gasteiger partial charge in [-0.05, 0) is 47.1 Å². The summed E-state index contributed by atoms with van der Waals surface area (Å²) in [5.74, 6) is 0.852. The number of rotatable bonds is 3. The Labute approximate surface area is 124 Å². The summed E-state index contributed by atoms with van der Waals surface area (Å²) >= 11 is 5.17. The minimum Gasteiger partial charge on any atom is -0.459 e. The average molecular weight is 336 g/mol. The van der Waals surface area contributed by atoms with Crippen molar-refractivity contribution in [1.29, 1.82) is 0 Å². The van der Waals surface area contributed by atoms with Crippen LogP contribution in [0, 0.1) is 6.92 Å². The van der Waals surface area contributed by atoms with Gasteiger partial charge in [0.05, 0.1) is 6.04 Å². The van der Waals surface area contributed by atoms with Gasteiger partial charge in [0.15, 0.2) is 0 Å². The third-order valence-electron chi connectivity index (χ3n) is 3.10. The Morgan fingerprint density at radius 2 is 2.16 bits per heavy atom. The summed E-state index contributed by atoms with van der Waals surface area (Å²) in [6.07, 6.45) is 0.801. The van der Waals surface area contributed by atoms with Crippen molar-refractivity contribution in [2.24, 2.45) is 5.73 Å². The van der Waals surface area contributed by atoms with E-state index in [9.17, 15) is 0 Å². The largest absolute Gasteiger partial charge is 0.459 e. The van der Waals surface area contributed by atoms with Gasteiger partial charge in [-0.25, -0.2) is 0 Å². The zero-order valence-electron chi connectivity index (χ0n) is 10.5. The van der Waals surface area contributed by atoms with Crippen molar-refractivity contribution in [2.45, 2.75) is 19.4 Å². The summed E-state index contributed by atoms with van der Waals surface area (Å²) in [7, 11) is 0. The molecule has 0 fully saturated rings. The van der Waals surface area contributed by atoms with Crippen molar-refractivity contribution >= 4 is 38.2 Å². The molecular weight excluding hydrogens is 322 g/mol. The zero-order chi connectivity index (χ0) is 13.4. The molecule has 1 unspecified atom stereocenters. The molecule has 0 amide bonds. The van der Waals surface area contributed by atoms with Crippen LogP contribution in [0.2, 0.25) is 0 Å².